The van der Waals surface area contributed by atoms with E-state index in [0.29, 0.717) is 46.9 Å². The molecule has 2 N–H and O–H groups in total. The fourth-order valence-electron chi connectivity index (χ4n) is 4.00. The molecule has 0 unspecified atom stereocenters. The van der Waals surface area contributed by atoms with Crippen molar-refractivity contribution in [2.24, 2.45) is 0 Å². The number of carboxylic acid groups (broad SMARTS) is 1. The summed E-state index contributed by atoms with van der Waals surface area (Å²) >= 11 is 11.3. The third-order valence-corrected chi connectivity index (χ3v) is 6.52. The molecule has 4 rings (SSSR count). The van der Waals surface area contributed by atoms with Gasteiger partial charge in [-0.3, -0.25) is 14.2 Å². The Kier molecular flexibility index (Phi) is 7.42. The molecule has 10 nitrogen and oxygen atoms in total. The number of allylic oxidation sites excluding steroid dienone is 1. The number of nitrogens with zero attached hydrogens (tertiary/aromatic N) is 2. The van der Waals surface area contributed by atoms with E-state index < -0.39 is 21.9 Å². The molecular formula is C25H21Cl2N3O7. The Bertz CT molecular complexity index is 1530. The van der Waals surface area contributed by atoms with Gasteiger partial charge in [-0.25, -0.2) is 9.78 Å². The molecule has 3 aromatic rings. The van der Waals surface area contributed by atoms with Gasteiger partial charge >= 0.3 is 5.97 Å². The van der Waals surface area contributed by atoms with Crippen LogP contribution in [0.1, 0.15) is 17.8 Å². The SMILES string of the molecule is COc1cc(C=C2CCn3c2nc2cc(NC(=O)C(Cl)=C(Cl)C(=O)O)ccc2c3=O)cc(OC)c1OC. The molecule has 0 saturated heterocycles. The summed E-state index contributed by atoms with van der Waals surface area (Å²) in [6.45, 7) is 0.458. The van der Waals surface area contributed by atoms with Crippen LogP contribution in [0.2, 0.25) is 0 Å². The van der Waals surface area contributed by atoms with E-state index in [1.807, 2.05) is 6.08 Å². The minimum atomic E-state index is -1.53. The first-order chi connectivity index (χ1) is 17.7. The number of aromatic nitrogens is 2. The van der Waals surface area contributed by atoms with Gasteiger partial charge in [-0.05, 0) is 54.0 Å². The average molecular weight is 546 g/mol. The predicted octanol–water partition coefficient (Wildman–Crippen LogP) is 4.08. The third-order valence-electron chi connectivity index (χ3n) is 5.71. The molecule has 0 aliphatic carbocycles. The Balaban J connectivity index is 1.75. The average Bonchev–Trinajstić information content (AvgIpc) is 3.29. The van der Waals surface area contributed by atoms with Crippen molar-refractivity contribution in [1.82, 2.24) is 9.55 Å². The number of fused-ring (bicyclic) bond motifs is 2. The second-order valence-electron chi connectivity index (χ2n) is 7.89. The maximum atomic E-state index is 13.1. The highest BCUT2D eigenvalue weighted by molar-refractivity contribution is 6.54. The maximum absolute atomic E-state index is 13.1. The van der Waals surface area contributed by atoms with Crippen molar-refractivity contribution in [1.29, 1.82) is 0 Å². The minimum Gasteiger partial charge on any atom is -0.493 e. The smallest absolute Gasteiger partial charge is 0.349 e. The number of hydrogen-bond acceptors (Lipinski definition) is 7. The molecule has 0 fully saturated rings. The van der Waals surface area contributed by atoms with Crippen molar-refractivity contribution in [2.75, 3.05) is 26.6 Å². The number of aliphatic carboxylic acids is 1. The molecule has 192 valence electrons. The van der Waals surface area contributed by atoms with E-state index in [4.69, 9.17) is 42.5 Å². The zero-order valence-corrected chi connectivity index (χ0v) is 21.4. The second kappa shape index (κ2) is 10.5. The van der Waals surface area contributed by atoms with Gasteiger partial charge in [-0.1, -0.05) is 23.2 Å². The van der Waals surface area contributed by atoms with Crippen molar-refractivity contribution < 1.29 is 28.9 Å². The van der Waals surface area contributed by atoms with Crippen LogP contribution < -0.4 is 25.1 Å². The van der Waals surface area contributed by atoms with E-state index in [0.717, 1.165) is 11.1 Å². The van der Waals surface area contributed by atoms with Gasteiger partial charge < -0.3 is 24.6 Å². The molecule has 2 aromatic carbocycles. The van der Waals surface area contributed by atoms with Crippen LogP contribution in [-0.2, 0) is 16.1 Å². The molecule has 0 bridgehead atoms. The Morgan fingerprint density at radius 3 is 2.32 bits per heavy atom. The normalized spacial score (nSPS) is 14.2. The van der Waals surface area contributed by atoms with E-state index in [9.17, 15) is 14.4 Å². The van der Waals surface area contributed by atoms with E-state index in [2.05, 4.69) is 10.3 Å². The summed E-state index contributed by atoms with van der Waals surface area (Å²) in [6.07, 6.45) is 2.47. The molecule has 1 amide bonds. The molecular weight excluding hydrogens is 525 g/mol. The van der Waals surface area contributed by atoms with Gasteiger partial charge in [-0.15, -0.1) is 0 Å². The summed E-state index contributed by atoms with van der Waals surface area (Å²) in [5, 5.41) is 10.3. The van der Waals surface area contributed by atoms with E-state index in [-0.39, 0.29) is 11.2 Å². The summed E-state index contributed by atoms with van der Waals surface area (Å²) in [5.74, 6) is -0.500. The van der Waals surface area contributed by atoms with Crippen LogP contribution in [0.25, 0.3) is 22.6 Å². The van der Waals surface area contributed by atoms with Crippen molar-refractivity contribution in [3.8, 4) is 17.2 Å². The van der Waals surface area contributed by atoms with E-state index >= 15 is 0 Å². The molecule has 0 spiro atoms. The minimum absolute atomic E-state index is 0.224. The van der Waals surface area contributed by atoms with Crippen LogP contribution in [0.5, 0.6) is 17.2 Å². The lowest BCUT2D eigenvalue weighted by molar-refractivity contribution is -0.132. The van der Waals surface area contributed by atoms with Gasteiger partial charge in [0.05, 0.1) is 32.2 Å². The first kappa shape index (κ1) is 26.1. The molecule has 1 aromatic heterocycles. The van der Waals surface area contributed by atoms with Crippen molar-refractivity contribution in [3.63, 3.8) is 0 Å². The molecule has 1 aliphatic rings. The van der Waals surface area contributed by atoms with Crippen LogP contribution in [-0.4, -0.2) is 47.9 Å². The maximum Gasteiger partial charge on any atom is 0.349 e. The van der Waals surface area contributed by atoms with Crippen LogP contribution >= 0.6 is 23.2 Å². The summed E-state index contributed by atoms with van der Waals surface area (Å²) in [5.41, 5.74) is 1.97. The number of halogens is 2. The first-order valence-corrected chi connectivity index (χ1v) is 11.6. The fraction of sp³-hybridized carbons (Fsp3) is 0.200. The second-order valence-corrected chi connectivity index (χ2v) is 8.65. The number of benzene rings is 2. The van der Waals surface area contributed by atoms with Gasteiger partial charge in [0.1, 0.15) is 15.9 Å². The first-order valence-electron chi connectivity index (χ1n) is 10.8. The summed E-state index contributed by atoms with van der Waals surface area (Å²) < 4.78 is 17.8. The Morgan fingerprint density at radius 2 is 1.73 bits per heavy atom. The zero-order chi connectivity index (χ0) is 26.9. The molecule has 0 saturated carbocycles. The molecule has 12 heteroatoms. The lowest BCUT2D eigenvalue weighted by Gasteiger charge is -2.13. The lowest BCUT2D eigenvalue weighted by atomic mass is 10.1. The van der Waals surface area contributed by atoms with Gasteiger partial charge in [0.25, 0.3) is 11.5 Å². The van der Waals surface area contributed by atoms with Crippen molar-refractivity contribution in [3.05, 3.63) is 62.1 Å². The highest BCUT2D eigenvalue weighted by Crippen LogP contribution is 2.39. The number of methoxy groups -OCH3 is 3. The van der Waals surface area contributed by atoms with E-state index in [1.165, 1.54) is 39.5 Å². The van der Waals surface area contributed by atoms with E-state index in [1.54, 1.807) is 16.7 Å². The zero-order valence-electron chi connectivity index (χ0n) is 19.9. The number of rotatable bonds is 7. The van der Waals surface area contributed by atoms with Crippen LogP contribution in [0.4, 0.5) is 5.69 Å². The Morgan fingerprint density at radius 1 is 1.05 bits per heavy atom. The topological polar surface area (TPSA) is 129 Å². The lowest BCUT2D eigenvalue weighted by Crippen LogP contribution is -2.21. The van der Waals surface area contributed by atoms with Crippen LogP contribution in [0, 0.1) is 0 Å². The van der Waals surface area contributed by atoms with Crippen LogP contribution in [0.15, 0.2) is 45.2 Å². The summed E-state index contributed by atoms with van der Waals surface area (Å²) in [6, 6.07) is 8.12. The number of nitrogens with one attached hydrogen (secondary N) is 1. The predicted molar refractivity (Wildman–Crippen MR) is 140 cm³/mol. The number of ether oxygens (including phenoxy) is 3. The Labute approximate surface area is 220 Å². The van der Waals surface area contributed by atoms with Crippen molar-refractivity contribution in [2.45, 2.75) is 13.0 Å². The number of hydrogen-bond donors (Lipinski definition) is 2. The number of carbonyl (C=O) groups excluding carboxylic acids is 1. The number of anilines is 1. The monoisotopic (exact) mass is 545 g/mol. The van der Waals surface area contributed by atoms with Crippen molar-refractivity contribution >= 4 is 63.3 Å². The third kappa shape index (κ3) is 4.98. The largest absolute Gasteiger partial charge is 0.493 e. The molecule has 0 atom stereocenters. The van der Waals surface area contributed by atoms with Gasteiger partial charge in [0, 0.05) is 12.2 Å². The molecule has 2 heterocycles. The van der Waals surface area contributed by atoms with Gasteiger partial charge in [-0.2, -0.15) is 0 Å². The molecule has 0 radical (unpaired) electrons. The fourth-order valence-corrected chi connectivity index (χ4v) is 4.21. The Hall–Kier alpha value is -4.02. The highest BCUT2D eigenvalue weighted by atomic mass is 35.5. The molecule has 37 heavy (non-hydrogen) atoms. The summed E-state index contributed by atoms with van der Waals surface area (Å²) in [4.78, 5) is 41.1. The number of carbonyl (C=O) groups is 2. The van der Waals surface area contributed by atoms with Gasteiger partial charge in [0.2, 0.25) is 5.75 Å². The summed E-state index contributed by atoms with van der Waals surface area (Å²) in [7, 11) is 4.58. The number of carboxylic acids is 1. The number of amides is 1. The highest BCUT2D eigenvalue weighted by Gasteiger charge is 2.23. The molecule has 1 aliphatic heterocycles. The quantitative estimate of drug-likeness (QED) is 0.425. The van der Waals surface area contributed by atoms with Gasteiger partial charge in [0.15, 0.2) is 11.5 Å². The van der Waals surface area contributed by atoms with Crippen LogP contribution in [0.3, 0.4) is 0 Å². The standard InChI is InChI=1S/C25H21Cl2N3O7/c1-35-17-9-12(10-18(36-2)21(17)37-3)8-13-6-7-30-22(13)29-16-11-14(4-5-15(16)24(30)32)28-23(31)19(26)20(27)25(33)34/h4-5,8-11H,6-7H2,1-3H3,(H,28,31)(H,33,34).